The van der Waals surface area contributed by atoms with Crippen molar-refractivity contribution in [1.29, 1.82) is 0 Å². The molecule has 1 atom stereocenters. The van der Waals surface area contributed by atoms with Gasteiger partial charge in [-0.2, -0.15) is 0 Å². The molecule has 6 heteroatoms. The van der Waals surface area contributed by atoms with E-state index < -0.39 is 17.8 Å². The minimum absolute atomic E-state index is 0.0343. The zero-order valence-corrected chi connectivity index (χ0v) is 12.3. The van der Waals surface area contributed by atoms with Gasteiger partial charge in [0.05, 0.1) is 28.3 Å². The van der Waals surface area contributed by atoms with Gasteiger partial charge in [-0.15, -0.1) is 0 Å². The van der Waals surface area contributed by atoms with Crippen molar-refractivity contribution in [2.75, 3.05) is 6.61 Å². The molecular weight excluding hydrogens is 316 g/mol. The zero-order chi connectivity index (χ0) is 15.4. The number of nitrogens with one attached hydrogen (secondary N) is 1. The van der Waals surface area contributed by atoms with Gasteiger partial charge in [0.15, 0.2) is 0 Å². The Morgan fingerprint density at radius 2 is 1.86 bits per heavy atom. The van der Waals surface area contributed by atoms with Crippen LogP contribution in [0.2, 0.25) is 10.0 Å². The Morgan fingerprint density at radius 3 is 2.48 bits per heavy atom. The fourth-order valence-corrected chi connectivity index (χ4v) is 2.32. The molecule has 2 rings (SSSR count). The first-order valence-corrected chi connectivity index (χ1v) is 6.89. The second-order valence-electron chi connectivity index (χ2n) is 4.37. The topological polar surface area (TPSA) is 49.3 Å². The van der Waals surface area contributed by atoms with Gasteiger partial charge in [-0.1, -0.05) is 53.5 Å². The molecule has 0 aromatic heterocycles. The van der Waals surface area contributed by atoms with E-state index in [0.29, 0.717) is 0 Å². The molecule has 0 bridgehead atoms. The van der Waals surface area contributed by atoms with Crippen LogP contribution < -0.4 is 5.32 Å². The number of rotatable bonds is 4. The summed E-state index contributed by atoms with van der Waals surface area (Å²) in [5, 5.41) is 11.9. The van der Waals surface area contributed by atoms with Gasteiger partial charge in [0, 0.05) is 0 Å². The minimum Gasteiger partial charge on any atom is -0.394 e. The second-order valence-corrected chi connectivity index (χ2v) is 5.18. The Hall–Kier alpha value is -1.62. The predicted molar refractivity (Wildman–Crippen MR) is 80.2 cm³/mol. The van der Waals surface area contributed by atoms with E-state index in [1.807, 2.05) is 6.07 Å². The standard InChI is InChI=1S/C15H12Cl2FNO2/c16-11-7-12(17)13(18)6-10(11)15(21)19-14(8-20)9-4-2-1-3-5-9/h1-7,14,20H,8H2,(H,19,21)/t14-/m0/s1. The van der Waals surface area contributed by atoms with Crippen molar-refractivity contribution in [2.45, 2.75) is 6.04 Å². The highest BCUT2D eigenvalue weighted by Crippen LogP contribution is 2.25. The molecule has 0 spiro atoms. The first-order chi connectivity index (χ1) is 10.0. The van der Waals surface area contributed by atoms with Gasteiger partial charge in [-0.3, -0.25) is 4.79 Å². The monoisotopic (exact) mass is 327 g/mol. The number of halogens is 3. The van der Waals surface area contributed by atoms with Crippen LogP contribution in [-0.4, -0.2) is 17.6 Å². The van der Waals surface area contributed by atoms with Crippen molar-refractivity contribution in [3.63, 3.8) is 0 Å². The summed E-state index contributed by atoms with van der Waals surface area (Å²) in [6.07, 6.45) is 0. The third-order valence-corrected chi connectivity index (χ3v) is 3.55. The highest BCUT2D eigenvalue weighted by Gasteiger charge is 2.18. The minimum atomic E-state index is -0.730. The maximum absolute atomic E-state index is 13.4. The number of aliphatic hydroxyl groups is 1. The molecule has 0 saturated carbocycles. The van der Waals surface area contributed by atoms with Crippen LogP contribution in [0.3, 0.4) is 0 Å². The van der Waals surface area contributed by atoms with E-state index in [4.69, 9.17) is 23.2 Å². The summed E-state index contributed by atoms with van der Waals surface area (Å²) in [5.41, 5.74) is 0.701. The Bertz CT molecular complexity index is 650. The molecule has 0 heterocycles. The maximum atomic E-state index is 13.4. The lowest BCUT2D eigenvalue weighted by molar-refractivity contribution is 0.0916. The average molecular weight is 328 g/mol. The number of carbonyl (C=O) groups excluding carboxylic acids is 1. The molecule has 110 valence electrons. The van der Waals surface area contributed by atoms with E-state index in [-0.39, 0.29) is 22.2 Å². The van der Waals surface area contributed by atoms with Crippen LogP contribution in [0.4, 0.5) is 4.39 Å². The van der Waals surface area contributed by atoms with E-state index in [9.17, 15) is 14.3 Å². The molecule has 2 aromatic carbocycles. The lowest BCUT2D eigenvalue weighted by atomic mass is 10.1. The lowest BCUT2D eigenvalue weighted by Crippen LogP contribution is -2.31. The van der Waals surface area contributed by atoms with Crippen molar-refractivity contribution in [3.05, 3.63) is 69.5 Å². The summed E-state index contributed by atoms with van der Waals surface area (Å²) >= 11 is 11.5. The molecule has 0 aliphatic rings. The molecular formula is C15H12Cl2FNO2. The van der Waals surface area contributed by atoms with Crippen molar-refractivity contribution in [3.8, 4) is 0 Å². The highest BCUT2D eigenvalue weighted by molar-refractivity contribution is 6.36. The molecule has 21 heavy (non-hydrogen) atoms. The molecule has 0 aliphatic heterocycles. The van der Waals surface area contributed by atoms with Gasteiger partial charge >= 0.3 is 0 Å². The normalized spacial score (nSPS) is 12.0. The van der Waals surface area contributed by atoms with Gasteiger partial charge in [0.25, 0.3) is 5.91 Å². The second kappa shape index (κ2) is 6.89. The van der Waals surface area contributed by atoms with E-state index in [2.05, 4.69) is 5.32 Å². The molecule has 2 aromatic rings. The average Bonchev–Trinajstić information content (AvgIpc) is 2.49. The van der Waals surface area contributed by atoms with E-state index in [1.54, 1.807) is 24.3 Å². The van der Waals surface area contributed by atoms with Crippen LogP contribution >= 0.6 is 23.2 Å². The number of aliphatic hydroxyl groups excluding tert-OH is 1. The quantitative estimate of drug-likeness (QED) is 0.843. The molecule has 0 saturated heterocycles. The van der Waals surface area contributed by atoms with E-state index >= 15 is 0 Å². The fourth-order valence-electron chi connectivity index (χ4n) is 1.85. The molecule has 0 aliphatic carbocycles. The molecule has 2 N–H and O–H groups in total. The third kappa shape index (κ3) is 3.73. The smallest absolute Gasteiger partial charge is 0.253 e. The van der Waals surface area contributed by atoms with Crippen LogP contribution in [0, 0.1) is 5.82 Å². The number of amides is 1. The molecule has 1 amide bonds. The van der Waals surface area contributed by atoms with Crippen LogP contribution in [0.25, 0.3) is 0 Å². The SMILES string of the molecule is O=C(N[C@@H](CO)c1ccccc1)c1cc(F)c(Cl)cc1Cl. The number of benzene rings is 2. The summed E-state index contributed by atoms with van der Waals surface area (Å²) in [5.74, 6) is -1.31. The van der Waals surface area contributed by atoms with Crippen molar-refractivity contribution in [1.82, 2.24) is 5.32 Å². The summed E-state index contributed by atoms with van der Waals surface area (Å²) in [6, 6.07) is 10.5. The van der Waals surface area contributed by atoms with Gasteiger partial charge in [-0.25, -0.2) is 4.39 Å². The van der Waals surface area contributed by atoms with Crippen LogP contribution in [0.5, 0.6) is 0 Å². The van der Waals surface area contributed by atoms with Crippen molar-refractivity contribution in [2.24, 2.45) is 0 Å². The Morgan fingerprint density at radius 1 is 1.19 bits per heavy atom. The summed E-state index contributed by atoms with van der Waals surface area (Å²) in [7, 11) is 0. The van der Waals surface area contributed by atoms with E-state index in [1.165, 1.54) is 6.07 Å². The molecule has 3 nitrogen and oxygen atoms in total. The first-order valence-electron chi connectivity index (χ1n) is 6.14. The zero-order valence-electron chi connectivity index (χ0n) is 10.8. The van der Waals surface area contributed by atoms with Crippen LogP contribution in [0.1, 0.15) is 22.0 Å². The van der Waals surface area contributed by atoms with Gasteiger partial charge in [-0.05, 0) is 17.7 Å². The van der Waals surface area contributed by atoms with Crippen LogP contribution in [0.15, 0.2) is 42.5 Å². The summed E-state index contributed by atoms with van der Waals surface area (Å²) in [6.45, 7) is -0.288. The Labute approximate surface area is 131 Å². The van der Waals surface area contributed by atoms with Crippen LogP contribution in [-0.2, 0) is 0 Å². The number of hydrogen-bond acceptors (Lipinski definition) is 2. The van der Waals surface area contributed by atoms with E-state index in [0.717, 1.165) is 11.6 Å². The number of carbonyl (C=O) groups is 1. The van der Waals surface area contributed by atoms with Gasteiger partial charge in [0.2, 0.25) is 0 Å². The maximum Gasteiger partial charge on any atom is 0.253 e. The van der Waals surface area contributed by atoms with Crippen molar-refractivity contribution >= 4 is 29.1 Å². The largest absolute Gasteiger partial charge is 0.394 e. The third-order valence-electron chi connectivity index (χ3n) is 2.94. The lowest BCUT2D eigenvalue weighted by Gasteiger charge is -2.17. The fraction of sp³-hybridized carbons (Fsp3) is 0.133. The predicted octanol–water partition coefficient (Wildman–Crippen LogP) is 3.60. The van der Waals surface area contributed by atoms with Gasteiger partial charge < -0.3 is 10.4 Å². The highest BCUT2D eigenvalue weighted by atomic mass is 35.5. The van der Waals surface area contributed by atoms with Gasteiger partial charge in [0.1, 0.15) is 5.82 Å². The molecule has 0 fully saturated rings. The molecule has 0 unspecified atom stereocenters. The number of hydrogen-bond donors (Lipinski definition) is 2. The Balaban J connectivity index is 2.23. The molecule has 0 radical (unpaired) electrons. The first kappa shape index (κ1) is 15.8. The summed E-state index contributed by atoms with van der Waals surface area (Å²) in [4.78, 5) is 12.2. The summed E-state index contributed by atoms with van der Waals surface area (Å²) < 4.78 is 13.4. The van der Waals surface area contributed by atoms with Crippen molar-refractivity contribution < 1.29 is 14.3 Å². The Kier molecular flexibility index (Phi) is 5.17.